The summed E-state index contributed by atoms with van der Waals surface area (Å²) in [6.07, 6.45) is 7.38. The fraction of sp³-hybridized carbons (Fsp3) is 0.938. The SMILES string of the molecule is CC(C)NC(C)(CCN1CCCC2CCCC21)C(=O)O. The molecule has 3 atom stereocenters. The van der Waals surface area contributed by atoms with Gasteiger partial charge in [0.1, 0.15) is 5.54 Å². The van der Waals surface area contributed by atoms with Crippen LogP contribution in [0.3, 0.4) is 0 Å². The molecule has 3 unspecified atom stereocenters. The highest BCUT2D eigenvalue weighted by Gasteiger charge is 2.38. The van der Waals surface area contributed by atoms with Gasteiger partial charge < -0.3 is 10.0 Å². The Labute approximate surface area is 122 Å². The maximum absolute atomic E-state index is 11.6. The Morgan fingerprint density at radius 2 is 2.05 bits per heavy atom. The predicted octanol–water partition coefficient (Wildman–Crippen LogP) is 2.48. The first-order chi connectivity index (χ1) is 9.42. The average molecular weight is 282 g/mol. The molecule has 20 heavy (non-hydrogen) atoms. The summed E-state index contributed by atoms with van der Waals surface area (Å²) in [6.45, 7) is 7.90. The second kappa shape index (κ2) is 6.44. The van der Waals surface area contributed by atoms with Crippen LogP contribution < -0.4 is 5.32 Å². The van der Waals surface area contributed by atoms with Crippen LogP contribution in [-0.2, 0) is 4.79 Å². The number of aliphatic carboxylic acids is 1. The first-order valence-corrected chi connectivity index (χ1v) is 8.17. The molecule has 4 heteroatoms. The minimum absolute atomic E-state index is 0.191. The van der Waals surface area contributed by atoms with Crippen molar-refractivity contribution in [3.63, 3.8) is 0 Å². The highest BCUT2D eigenvalue weighted by molar-refractivity contribution is 5.78. The molecule has 0 aromatic rings. The lowest BCUT2D eigenvalue weighted by molar-refractivity contribution is -0.145. The van der Waals surface area contributed by atoms with Crippen molar-refractivity contribution in [3.05, 3.63) is 0 Å². The zero-order valence-corrected chi connectivity index (χ0v) is 13.2. The Morgan fingerprint density at radius 3 is 2.70 bits per heavy atom. The molecule has 2 N–H and O–H groups in total. The van der Waals surface area contributed by atoms with Crippen LogP contribution >= 0.6 is 0 Å². The Bertz CT molecular complexity index is 345. The van der Waals surface area contributed by atoms with Crippen LogP contribution in [-0.4, -0.2) is 46.7 Å². The van der Waals surface area contributed by atoms with Gasteiger partial charge in [0.05, 0.1) is 0 Å². The molecular weight excluding hydrogens is 252 g/mol. The monoisotopic (exact) mass is 282 g/mol. The van der Waals surface area contributed by atoms with Gasteiger partial charge in [0.25, 0.3) is 0 Å². The average Bonchev–Trinajstić information content (AvgIpc) is 2.84. The molecule has 0 aromatic carbocycles. The van der Waals surface area contributed by atoms with E-state index in [1.807, 2.05) is 20.8 Å². The van der Waals surface area contributed by atoms with E-state index in [-0.39, 0.29) is 6.04 Å². The lowest BCUT2D eigenvalue weighted by atomic mass is 9.90. The van der Waals surface area contributed by atoms with Gasteiger partial charge in [-0.1, -0.05) is 6.42 Å². The fourth-order valence-electron chi connectivity index (χ4n) is 4.08. The molecule has 1 aliphatic carbocycles. The highest BCUT2D eigenvalue weighted by Crippen LogP contribution is 2.37. The van der Waals surface area contributed by atoms with E-state index in [9.17, 15) is 9.90 Å². The topological polar surface area (TPSA) is 52.6 Å². The van der Waals surface area contributed by atoms with Gasteiger partial charge in [-0.3, -0.25) is 10.1 Å². The molecular formula is C16H30N2O2. The number of rotatable bonds is 6. The van der Waals surface area contributed by atoms with E-state index in [0.717, 1.165) is 25.0 Å². The number of carboxylic acid groups (broad SMARTS) is 1. The van der Waals surface area contributed by atoms with Gasteiger partial charge in [-0.2, -0.15) is 0 Å². The van der Waals surface area contributed by atoms with Gasteiger partial charge >= 0.3 is 5.97 Å². The molecule has 2 aliphatic rings. The maximum atomic E-state index is 11.6. The molecule has 0 spiro atoms. The fourth-order valence-corrected chi connectivity index (χ4v) is 4.08. The van der Waals surface area contributed by atoms with Crippen LogP contribution in [0.1, 0.15) is 59.3 Å². The smallest absolute Gasteiger partial charge is 0.323 e. The standard InChI is InChI=1S/C16H30N2O2/c1-12(2)17-16(3,15(19)20)9-11-18-10-5-7-13-6-4-8-14(13)18/h12-14,17H,4-11H2,1-3H3,(H,19,20). The van der Waals surface area contributed by atoms with Crippen molar-refractivity contribution in [2.24, 2.45) is 5.92 Å². The van der Waals surface area contributed by atoms with Gasteiger partial charge in [0, 0.05) is 18.6 Å². The number of fused-ring (bicyclic) bond motifs is 1. The van der Waals surface area contributed by atoms with Crippen molar-refractivity contribution in [3.8, 4) is 0 Å². The molecule has 0 aromatic heterocycles. The first-order valence-electron chi connectivity index (χ1n) is 8.17. The van der Waals surface area contributed by atoms with Gasteiger partial charge in [0.2, 0.25) is 0 Å². The number of hydrogen-bond donors (Lipinski definition) is 2. The van der Waals surface area contributed by atoms with Crippen molar-refractivity contribution in [2.45, 2.75) is 76.9 Å². The molecule has 4 nitrogen and oxygen atoms in total. The van der Waals surface area contributed by atoms with Crippen molar-refractivity contribution in [1.82, 2.24) is 10.2 Å². The number of piperidine rings is 1. The second-order valence-electron chi connectivity index (χ2n) is 7.12. The summed E-state index contributed by atoms with van der Waals surface area (Å²) in [4.78, 5) is 14.1. The van der Waals surface area contributed by atoms with E-state index in [1.165, 1.54) is 32.1 Å². The lowest BCUT2D eigenvalue weighted by Gasteiger charge is -2.39. The summed E-state index contributed by atoms with van der Waals surface area (Å²) < 4.78 is 0. The van der Waals surface area contributed by atoms with E-state index >= 15 is 0 Å². The molecule has 2 fully saturated rings. The normalized spacial score (nSPS) is 30.2. The minimum Gasteiger partial charge on any atom is -0.480 e. The van der Waals surface area contributed by atoms with E-state index < -0.39 is 11.5 Å². The maximum Gasteiger partial charge on any atom is 0.323 e. The van der Waals surface area contributed by atoms with Crippen LogP contribution in [0.4, 0.5) is 0 Å². The third-order valence-corrected chi connectivity index (χ3v) is 5.09. The second-order valence-corrected chi connectivity index (χ2v) is 7.12. The summed E-state index contributed by atoms with van der Waals surface area (Å²) >= 11 is 0. The molecule has 0 bridgehead atoms. The van der Waals surface area contributed by atoms with E-state index in [0.29, 0.717) is 6.42 Å². The summed E-state index contributed by atoms with van der Waals surface area (Å²) in [7, 11) is 0. The molecule has 1 aliphatic heterocycles. The summed E-state index contributed by atoms with van der Waals surface area (Å²) in [6, 6.07) is 0.914. The van der Waals surface area contributed by atoms with Gasteiger partial charge in [-0.15, -0.1) is 0 Å². The Morgan fingerprint density at radius 1 is 1.35 bits per heavy atom. The zero-order valence-electron chi connectivity index (χ0n) is 13.2. The van der Waals surface area contributed by atoms with E-state index in [4.69, 9.17) is 0 Å². The Kier molecular flexibility index (Phi) is 5.08. The number of nitrogens with one attached hydrogen (secondary N) is 1. The lowest BCUT2D eigenvalue weighted by Crippen LogP contribution is -2.55. The molecule has 1 heterocycles. The van der Waals surface area contributed by atoms with Crippen molar-refractivity contribution >= 4 is 5.97 Å². The van der Waals surface area contributed by atoms with Crippen LogP contribution in [0.25, 0.3) is 0 Å². The quantitative estimate of drug-likeness (QED) is 0.786. The van der Waals surface area contributed by atoms with Gasteiger partial charge in [-0.05, 0) is 65.3 Å². The summed E-state index contributed by atoms with van der Waals surface area (Å²) in [5.41, 5.74) is -0.806. The molecule has 116 valence electrons. The van der Waals surface area contributed by atoms with E-state index in [2.05, 4.69) is 10.2 Å². The minimum atomic E-state index is -0.806. The molecule has 1 saturated heterocycles. The molecule has 2 rings (SSSR count). The van der Waals surface area contributed by atoms with Gasteiger partial charge in [-0.25, -0.2) is 0 Å². The van der Waals surface area contributed by atoms with Crippen LogP contribution in [0.2, 0.25) is 0 Å². The van der Waals surface area contributed by atoms with Crippen LogP contribution in [0.15, 0.2) is 0 Å². The number of likely N-dealkylation sites (tertiary alicyclic amines) is 1. The Hall–Kier alpha value is -0.610. The van der Waals surface area contributed by atoms with Crippen LogP contribution in [0, 0.1) is 5.92 Å². The van der Waals surface area contributed by atoms with Crippen molar-refractivity contribution in [2.75, 3.05) is 13.1 Å². The van der Waals surface area contributed by atoms with Crippen LogP contribution in [0.5, 0.6) is 0 Å². The molecule has 0 radical (unpaired) electrons. The number of carbonyl (C=O) groups is 1. The number of nitrogens with zero attached hydrogens (tertiary/aromatic N) is 1. The van der Waals surface area contributed by atoms with Crippen molar-refractivity contribution < 1.29 is 9.90 Å². The Balaban J connectivity index is 1.93. The van der Waals surface area contributed by atoms with Crippen molar-refractivity contribution in [1.29, 1.82) is 0 Å². The zero-order chi connectivity index (χ0) is 14.8. The van der Waals surface area contributed by atoms with E-state index in [1.54, 1.807) is 0 Å². The molecule has 0 amide bonds. The number of carboxylic acids is 1. The third-order valence-electron chi connectivity index (χ3n) is 5.09. The summed E-state index contributed by atoms with van der Waals surface area (Å²) in [5.74, 6) is 0.143. The largest absolute Gasteiger partial charge is 0.480 e. The predicted molar refractivity (Wildman–Crippen MR) is 80.9 cm³/mol. The van der Waals surface area contributed by atoms with Gasteiger partial charge in [0.15, 0.2) is 0 Å². The summed E-state index contributed by atoms with van der Waals surface area (Å²) in [5, 5.41) is 12.7. The third kappa shape index (κ3) is 3.53. The number of hydrogen-bond acceptors (Lipinski definition) is 3. The first kappa shape index (κ1) is 15.8. The highest BCUT2D eigenvalue weighted by atomic mass is 16.4. The molecule has 1 saturated carbocycles.